The van der Waals surface area contributed by atoms with Crippen LogP contribution in [-0.2, 0) is 0 Å². The normalized spacial score (nSPS) is 14.8. The summed E-state index contributed by atoms with van der Waals surface area (Å²) in [5.74, 6) is 5.57. The van der Waals surface area contributed by atoms with Crippen LogP contribution in [0.15, 0.2) is 24.3 Å². The van der Waals surface area contributed by atoms with E-state index in [9.17, 15) is 13.2 Å². The molecule has 0 heterocycles. The van der Waals surface area contributed by atoms with Gasteiger partial charge in [-0.15, -0.1) is 13.2 Å². The SMILES string of the molecule is CCCCC(CC)C(NN)c1ccccc1OC(F)(F)F. The average molecular weight is 304 g/mol. The molecule has 3 nitrogen and oxygen atoms in total. The fourth-order valence-corrected chi connectivity index (χ4v) is 2.51. The third kappa shape index (κ3) is 5.55. The first-order valence-corrected chi connectivity index (χ1v) is 7.23. The largest absolute Gasteiger partial charge is 0.573 e. The lowest BCUT2D eigenvalue weighted by Crippen LogP contribution is -2.34. The van der Waals surface area contributed by atoms with Crippen molar-refractivity contribution >= 4 is 0 Å². The Bertz CT molecular complexity index is 424. The van der Waals surface area contributed by atoms with Crippen LogP contribution in [0.5, 0.6) is 5.75 Å². The van der Waals surface area contributed by atoms with Gasteiger partial charge in [0.1, 0.15) is 5.75 Å². The van der Waals surface area contributed by atoms with E-state index in [1.54, 1.807) is 12.1 Å². The standard InChI is InChI=1S/C15H23F3N2O/c1-3-5-8-11(4-2)14(20-19)12-9-6-7-10-13(12)21-15(16,17)18/h6-7,9-11,14,20H,3-5,8,19H2,1-2H3. The van der Waals surface area contributed by atoms with Gasteiger partial charge in [0, 0.05) is 5.56 Å². The molecule has 1 rings (SSSR count). The Morgan fingerprint density at radius 1 is 1.24 bits per heavy atom. The van der Waals surface area contributed by atoms with Crippen LogP contribution >= 0.6 is 0 Å². The lowest BCUT2D eigenvalue weighted by atomic mass is 9.87. The van der Waals surface area contributed by atoms with Crippen LogP contribution in [0.2, 0.25) is 0 Å². The smallest absolute Gasteiger partial charge is 0.405 e. The number of ether oxygens (including phenoxy) is 1. The van der Waals surface area contributed by atoms with Gasteiger partial charge < -0.3 is 4.74 Å². The van der Waals surface area contributed by atoms with Gasteiger partial charge in [-0.05, 0) is 18.4 Å². The van der Waals surface area contributed by atoms with Crippen LogP contribution in [0.1, 0.15) is 51.1 Å². The Hall–Kier alpha value is -1.27. The number of nitrogens with one attached hydrogen (secondary N) is 1. The summed E-state index contributed by atoms with van der Waals surface area (Å²) in [7, 11) is 0. The highest BCUT2D eigenvalue weighted by molar-refractivity contribution is 5.36. The van der Waals surface area contributed by atoms with Crippen LogP contribution in [0.3, 0.4) is 0 Å². The zero-order valence-corrected chi connectivity index (χ0v) is 12.4. The van der Waals surface area contributed by atoms with Gasteiger partial charge in [-0.25, -0.2) is 0 Å². The molecule has 2 unspecified atom stereocenters. The van der Waals surface area contributed by atoms with E-state index in [0.29, 0.717) is 5.56 Å². The summed E-state index contributed by atoms with van der Waals surface area (Å²) in [6.07, 6.45) is -0.925. The van der Waals surface area contributed by atoms with E-state index in [1.807, 2.05) is 6.92 Å². The van der Waals surface area contributed by atoms with E-state index in [2.05, 4.69) is 17.1 Å². The quantitative estimate of drug-likeness (QED) is 0.556. The summed E-state index contributed by atoms with van der Waals surface area (Å²) < 4.78 is 41.6. The molecule has 3 N–H and O–H groups in total. The molecular weight excluding hydrogens is 281 g/mol. The fraction of sp³-hybridized carbons (Fsp3) is 0.600. The zero-order valence-electron chi connectivity index (χ0n) is 12.4. The highest BCUT2D eigenvalue weighted by atomic mass is 19.4. The predicted molar refractivity (Wildman–Crippen MR) is 76.5 cm³/mol. The van der Waals surface area contributed by atoms with Gasteiger partial charge in [0.2, 0.25) is 0 Å². The summed E-state index contributed by atoms with van der Waals surface area (Å²) in [5.41, 5.74) is 3.10. The molecule has 0 fully saturated rings. The van der Waals surface area contributed by atoms with E-state index in [4.69, 9.17) is 5.84 Å². The number of halogens is 3. The Balaban J connectivity index is 3.03. The van der Waals surface area contributed by atoms with Gasteiger partial charge in [0.25, 0.3) is 0 Å². The van der Waals surface area contributed by atoms with Crippen molar-refractivity contribution in [1.29, 1.82) is 0 Å². The molecule has 0 radical (unpaired) electrons. The van der Waals surface area contributed by atoms with E-state index >= 15 is 0 Å². The number of nitrogens with two attached hydrogens (primary N) is 1. The molecule has 0 aromatic heterocycles. The Morgan fingerprint density at radius 2 is 1.90 bits per heavy atom. The maximum atomic E-state index is 12.5. The molecule has 0 aliphatic rings. The van der Waals surface area contributed by atoms with Crippen molar-refractivity contribution in [3.63, 3.8) is 0 Å². The van der Waals surface area contributed by atoms with Crippen molar-refractivity contribution in [3.8, 4) is 5.75 Å². The van der Waals surface area contributed by atoms with Gasteiger partial charge in [-0.2, -0.15) is 0 Å². The molecular formula is C15H23F3N2O. The maximum Gasteiger partial charge on any atom is 0.573 e. The zero-order chi connectivity index (χ0) is 15.9. The number of rotatable bonds is 8. The summed E-state index contributed by atoms with van der Waals surface area (Å²) in [6.45, 7) is 4.09. The number of unbranched alkanes of at least 4 members (excludes halogenated alkanes) is 1. The van der Waals surface area contributed by atoms with Gasteiger partial charge >= 0.3 is 6.36 Å². The molecule has 0 saturated carbocycles. The summed E-state index contributed by atoms with van der Waals surface area (Å²) >= 11 is 0. The monoisotopic (exact) mass is 304 g/mol. The second-order valence-electron chi connectivity index (χ2n) is 5.04. The fourth-order valence-electron chi connectivity index (χ4n) is 2.51. The minimum absolute atomic E-state index is 0.160. The molecule has 1 aromatic carbocycles. The first-order valence-electron chi connectivity index (χ1n) is 7.23. The lowest BCUT2D eigenvalue weighted by molar-refractivity contribution is -0.275. The second-order valence-corrected chi connectivity index (χ2v) is 5.04. The third-order valence-corrected chi connectivity index (χ3v) is 3.58. The van der Waals surface area contributed by atoms with Crippen LogP contribution in [0.4, 0.5) is 13.2 Å². The first kappa shape index (κ1) is 17.8. The molecule has 0 amide bonds. The topological polar surface area (TPSA) is 47.3 Å². The Labute approximate surface area is 123 Å². The molecule has 120 valence electrons. The number of hydrazine groups is 1. The number of para-hydroxylation sites is 1. The van der Waals surface area contributed by atoms with Crippen molar-refractivity contribution in [3.05, 3.63) is 29.8 Å². The minimum Gasteiger partial charge on any atom is -0.405 e. The van der Waals surface area contributed by atoms with E-state index in [0.717, 1.165) is 25.7 Å². The molecule has 1 aromatic rings. The van der Waals surface area contributed by atoms with E-state index < -0.39 is 6.36 Å². The van der Waals surface area contributed by atoms with E-state index in [-0.39, 0.29) is 17.7 Å². The third-order valence-electron chi connectivity index (χ3n) is 3.58. The number of hydrogen-bond acceptors (Lipinski definition) is 3. The lowest BCUT2D eigenvalue weighted by Gasteiger charge is -2.27. The Kier molecular flexibility index (Phi) is 6.98. The summed E-state index contributed by atoms with van der Waals surface area (Å²) in [4.78, 5) is 0. The van der Waals surface area contributed by atoms with Crippen LogP contribution < -0.4 is 16.0 Å². The molecule has 21 heavy (non-hydrogen) atoms. The van der Waals surface area contributed by atoms with Crippen molar-refractivity contribution in [2.45, 2.75) is 51.9 Å². The molecule has 6 heteroatoms. The van der Waals surface area contributed by atoms with Gasteiger partial charge in [0.15, 0.2) is 0 Å². The van der Waals surface area contributed by atoms with Crippen molar-refractivity contribution in [2.24, 2.45) is 11.8 Å². The number of alkyl halides is 3. The van der Waals surface area contributed by atoms with Crippen molar-refractivity contribution in [2.75, 3.05) is 0 Å². The highest BCUT2D eigenvalue weighted by Gasteiger charge is 2.33. The van der Waals surface area contributed by atoms with Crippen LogP contribution in [0, 0.1) is 5.92 Å². The van der Waals surface area contributed by atoms with Crippen LogP contribution in [0.25, 0.3) is 0 Å². The van der Waals surface area contributed by atoms with Gasteiger partial charge in [-0.3, -0.25) is 11.3 Å². The summed E-state index contributed by atoms with van der Waals surface area (Å²) in [5, 5.41) is 0. The molecule has 0 spiro atoms. The average Bonchev–Trinajstić information content (AvgIpc) is 2.43. The molecule has 0 bridgehead atoms. The maximum absolute atomic E-state index is 12.5. The van der Waals surface area contributed by atoms with Crippen molar-refractivity contribution in [1.82, 2.24) is 5.43 Å². The number of benzene rings is 1. The summed E-state index contributed by atoms with van der Waals surface area (Å²) in [6, 6.07) is 5.79. The number of hydrogen-bond donors (Lipinski definition) is 2. The molecule has 0 aliphatic carbocycles. The first-order chi connectivity index (χ1) is 9.92. The second kappa shape index (κ2) is 8.24. The molecule has 2 atom stereocenters. The molecule has 0 saturated heterocycles. The Morgan fingerprint density at radius 3 is 2.43 bits per heavy atom. The van der Waals surface area contributed by atoms with E-state index in [1.165, 1.54) is 12.1 Å². The van der Waals surface area contributed by atoms with Crippen molar-refractivity contribution < 1.29 is 17.9 Å². The van der Waals surface area contributed by atoms with Crippen LogP contribution in [-0.4, -0.2) is 6.36 Å². The molecule has 0 aliphatic heterocycles. The predicted octanol–water partition coefficient (Wildman–Crippen LogP) is 4.31. The minimum atomic E-state index is -4.71. The van der Waals surface area contributed by atoms with Gasteiger partial charge in [0.05, 0.1) is 6.04 Å². The van der Waals surface area contributed by atoms with Gasteiger partial charge in [-0.1, -0.05) is 51.3 Å². The highest BCUT2D eigenvalue weighted by Crippen LogP contribution is 2.36.